The zero-order valence-corrected chi connectivity index (χ0v) is 9.23. The number of rotatable bonds is 2. The van der Waals surface area contributed by atoms with Gasteiger partial charge in [0.1, 0.15) is 12.3 Å². The fourth-order valence-electron chi connectivity index (χ4n) is 2.31. The molecule has 2 N–H and O–H groups in total. The molecule has 1 saturated heterocycles. The Bertz CT molecular complexity index is 525. The minimum absolute atomic E-state index is 0.154. The summed E-state index contributed by atoms with van der Waals surface area (Å²) in [4.78, 5) is 4.06. The van der Waals surface area contributed by atoms with Gasteiger partial charge in [-0.15, -0.1) is 0 Å². The highest BCUT2D eigenvalue weighted by Gasteiger charge is 2.34. The van der Waals surface area contributed by atoms with Gasteiger partial charge in [-0.2, -0.15) is 0 Å². The monoisotopic (exact) mass is 234 g/mol. The van der Waals surface area contributed by atoms with E-state index in [1.807, 2.05) is 22.9 Å². The van der Waals surface area contributed by atoms with Crippen LogP contribution in [-0.2, 0) is 4.74 Å². The Morgan fingerprint density at radius 2 is 2.35 bits per heavy atom. The molecule has 3 rings (SSSR count). The van der Waals surface area contributed by atoms with Crippen molar-refractivity contribution in [2.45, 2.75) is 24.9 Å². The van der Waals surface area contributed by atoms with Crippen LogP contribution in [0.3, 0.4) is 0 Å². The molecule has 0 aromatic carbocycles. The van der Waals surface area contributed by atoms with Gasteiger partial charge >= 0.3 is 0 Å². The van der Waals surface area contributed by atoms with Crippen molar-refractivity contribution in [2.75, 3.05) is 6.61 Å². The van der Waals surface area contributed by atoms with Crippen LogP contribution in [0, 0.1) is 0 Å². The van der Waals surface area contributed by atoms with Crippen LogP contribution in [-0.4, -0.2) is 38.6 Å². The van der Waals surface area contributed by atoms with E-state index in [0.29, 0.717) is 6.42 Å². The van der Waals surface area contributed by atoms with E-state index >= 15 is 0 Å². The summed E-state index contributed by atoms with van der Waals surface area (Å²) < 4.78 is 7.59. The van der Waals surface area contributed by atoms with E-state index in [4.69, 9.17) is 9.84 Å². The molecule has 1 aliphatic heterocycles. The second-order valence-electron chi connectivity index (χ2n) is 4.27. The molecule has 1 aliphatic rings. The maximum atomic E-state index is 9.72. The van der Waals surface area contributed by atoms with Gasteiger partial charge in [-0.3, -0.25) is 4.98 Å². The normalized spacial score (nSPS) is 28.9. The van der Waals surface area contributed by atoms with Crippen LogP contribution in [0.5, 0.6) is 0 Å². The summed E-state index contributed by atoms with van der Waals surface area (Å²) in [6, 6.07) is 3.88. The fourth-order valence-corrected chi connectivity index (χ4v) is 2.31. The van der Waals surface area contributed by atoms with Crippen molar-refractivity contribution in [3.05, 3.63) is 30.7 Å². The van der Waals surface area contributed by atoms with Crippen molar-refractivity contribution < 1.29 is 14.9 Å². The molecule has 3 heterocycles. The largest absolute Gasteiger partial charge is 0.394 e. The molecule has 0 unspecified atom stereocenters. The van der Waals surface area contributed by atoms with Gasteiger partial charge in [-0.05, 0) is 12.1 Å². The minimum atomic E-state index is -0.607. The topological polar surface area (TPSA) is 67.5 Å². The summed E-state index contributed by atoms with van der Waals surface area (Å²) in [5.41, 5.74) is 1.02. The van der Waals surface area contributed by atoms with Gasteiger partial charge in [0.15, 0.2) is 0 Å². The summed E-state index contributed by atoms with van der Waals surface area (Å²) in [5, 5.41) is 19.8. The molecule has 2 aromatic rings. The van der Waals surface area contributed by atoms with Crippen molar-refractivity contribution in [1.29, 1.82) is 0 Å². The zero-order valence-electron chi connectivity index (χ0n) is 9.23. The fraction of sp³-hybridized carbons (Fsp3) is 0.417. The van der Waals surface area contributed by atoms with E-state index in [2.05, 4.69) is 4.98 Å². The molecule has 0 spiro atoms. The third-order valence-electron chi connectivity index (χ3n) is 3.22. The summed E-state index contributed by atoms with van der Waals surface area (Å²) >= 11 is 0. The second-order valence-corrected chi connectivity index (χ2v) is 4.27. The van der Waals surface area contributed by atoms with E-state index in [-0.39, 0.29) is 12.8 Å². The molecule has 0 amide bonds. The molecule has 0 radical (unpaired) electrons. The lowest BCUT2D eigenvalue weighted by Crippen LogP contribution is -2.24. The number of aromatic nitrogens is 2. The summed E-state index contributed by atoms with van der Waals surface area (Å²) in [6.07, 6.45) is 4.63. The van der Waals surface area contributed by atoms with Gasteiger partial charge in [0.25, 0.3) is 0 Å². The van der Waals surface area contributed by atoms with Gasteiger partial charge in [0, 0.05) is 30.4 Å². The number of aliphatic hydroxyl groups excluding tert-OH is 2. The first-order valence-corrected chi connectivity index (χ1v) is 5.64. The van der Waals surface area contributed by atoms with Crippen LogP contribution in [0.2, 0.25) is 0 Å². The highest BCUT2D eigenvalue weighted by atomic mass is 16.5. The van der Waals surface area contributed by atoms with Crippen molar-refractivity contribution >= 4 is 10.9 Å². The smallest absolute Gasteiger partial charge is 0.137 e. The summed E-state index contributed by atoms with van der Waals surface area (Å²) in [7, 11) is 0. The molecule has 1 fully saturated rings. The van der Waals surface area contributed by atoms with E-state index in [9.17, 15) is 5.11 Å². The number of fused-ring (bicyclic) bond motifs is 1. The molecular formula is C12H14N2O3. The highest BCUT2D eigenvalue weighted by molar-refractivity contribution is 5.78. The average molecular weight is 234 g/mol. The van der Waals surface area contributed by atoms with E-state index in [1.165, 1.54) is 0 Å². The second kappa shape index (κ2) is 4.10. The highest BCUT2D eigenvalue weighted by Crippen LogP contribution is 2.31. The number of hydrogen-bond donors (Lipinski definition) is 2. The lowest BCUT2D eigenvalue weighted by molar-refractivity contribution is -0.0428. The van der Waals surface area contributed by atoms with Crippen LogP contribution in [0.25, 0.3) is 10.9 Å². The molecule has 5 nitrogen and oxygen atoms in total. The standard InChI is InChI=1S/C12H14N2O3/c15-7-11-10(16)5-12(17-11)14-4-2-8-6-13-3-1-9(8)14/h1-4,6,10-12,15-16H,5,7H2/t10-,11+,12-/m1/s1. The first-order chi connectivity index (χ1) is 8.29. The van der Waals surface area contributed by atoms with Gasteiger partial charge in [0.05, 0.1) is 18.2 Å². The minimum Gasteiger partial charge on any atom is -0.394 e. The zero-order chi connectivity index (χ0) is 11.8. The quantitative estimate of drug-likeness (QED) is 0.801. The van der Waals surface area contributed by atoms with Gasteiger partial charge < -0.3 is 19.5 Å². The molecule has 2 aromatic heterocycles. The van der Waals surface area contributed by atoms with E-state index < -0.39 is 12.2 Å². The number of hydrogen-bond acceptors (Lipinski definition) is 4. The molecular weight excluding hydrogens is 220 g/mol. The van der Waals surface area contributed by atoms with Crippen LogP contribution in [0.1, 0.15) is 12.6 Å². The Morgan fingerprint density at radius 3 is 3.12 bits per heavy atom. The predicted octanol–water partition coefficient (Wildman–Crippen LogP) is 0.677. The Hall–Kier alpha value is -1.43. The number of ether oxygens (including phenoxy) is 1. The molecule has 17 heavy (non-hydrogen) atoms. The summed E-state index contributed by atoms with van der Waals surface area (Å²) in [5.74, 6) is 0. The molecule has 0 bridgehead atoms. The third-order valence-corrected chi connectivity index (χ3v) is 3.22. The Kier molecular flexibility index (Phi) is 2.58. The maximum absolute atomic E-state index is 9.72. The maximum Gasteiger partial charge on any atom is 0.137 e. The molecule has 0 saturated carbocycles. The number of nitrogens with zero attached hydrogens (tertiary/aromatic N) is 2. The Labute approximate surface area is 98.3 Å². The molecule has 90 valence electrons. The predicted molar refractivity (Wildman–Crippen MR) is 61.4 cm³/mol. The Balaban J connectivity index is 1.95. The lowest BCUT2D eigenvalue weighted by Gasteiger charge is -2.14. The number of pyridine rings is 1. The van der Waals surface area contributed by atoms with Crippen molar-refractivity contribution in [3.8, 4) is 0 Å². The van der Waals surface area contributed by atoms with E-state index in [1.54, 1.807) is 12.4 Å². The van der Waals surface area contributed by atoms with Crippen LogP contribution < -0.4 is 0 Å². The molecule has 5 heteroatoms. The molecule has 3 atom stereocenters. The Morgan fingerprint density at radius 1 is 1.47 bits per heavy atom. The first-order valence-electron chi connectivity index (χ1n) is 5.64. The average Bonchev–Trinajstić information content (AvgIpc) is 2.92. The van der Waals surface area contributed by atoms with Gasteiger partial charge in [-0.1, -0.05) is 0 Å². The van der Waals surface area contributed by atoms with Crippen molar-refractivity contribution in [3.63, 3.8) is 0 Å². The SMILES string of the molecule is OC[C@@H]1O[C@@H](n2ccc3cnccc32)C[C@H]1O. The lowest BCUT2D eigenvalue weighted by atomic mass is 10.2. The van der Waals surface area contributed by atoms with Crippen molar-refractivity contribution in [1.82, 2.24) is 9.55 Å². The van der Waals surface area contributed by atoms with Crippen LogP contribution in [0.15, 0.2) is 30.7 Å². The van der Waals surface area contributed by atoms with Gasteiger partial charge in [0.2, 0.25) is 0 Å². The van der Waals surface area contributed by atoms with Crippen LogP contribution >= 0.6 is 0 Å². The molecule has 0 aliphatic carbocycles. The van der Waals surface area contributed by atoms with Gasteiger partial charge in [-0.25, -0.2) is 0 Å². The third kappa shape index (κ3) is 1.72. The summed E-state index contributed by atoms with van der Waals surface area (Å²) in [6.45, 7) is -0.154. The van der Waals surface area contributed by atoms with E-state index in [0.717, 1.165) is 10.9 Å². The number of aliphatic hydroxyl groups is 2. The van der Waals surface area contributed by atoms with Crippen LogP contribution in [0.4, 0.5) is 0 Å². The first kappa shape index (κ1) is 10.7. The van der Waals surface area contributed by atoms with Crippen molar-refractivity contribution in [2.24, 2.45) is 0 Å².